The molecule has 1 heterocycles. The number of aryl methyl sites for hydroxylation is 2. The molecular weight excluding hydrogens is 204 g/mol. The minimum absolute atomic E-state index is 0.248. The summed E-state index contributed by atoms with van der Waals surface area (Å²) in [6, 6.07) is 1.61. The summed E-state index contributed by atoms with van der Waals surface area (Å²) in [6.07, 6.45) is 1.74. The molecule has 4 nitrogen and oxygen atoms in total. The van der Waals surface area contributed by atoms with Crippen molar-refractivity contribution in [3.63, 3.8) is 0 Å². The van der Waals surface area contributed by atoms with Crippen molar-refractivity contribution in [3.05, 3.63) is 23.5 Å². The summed E-state index contributed by atoms with van der Waals surface area (Å²) in [4.78, 5) is 15.6. The molecule has 1 rings (SSSR count). The molecule has 0 aliphatic heterocycles. The van der Waals surface area contributed by atoms with Gasteiger partial charge in [-0.1, -0.05) is 0 Å². The van der Waals surface area contributed by atoms with E-state index < -0.39 is 0 Å². The molecule has 16 heavy (non-hydrogen) atoms. The Morgan fingerprint density at radius 2 is 2.25 bits per heavy atom. The van der Waals surface area contributed by atoms with Crippen molar-refractivity contribution in [1.82, 2.24) is 4.98 Å². The highest BCUT2D eigenvalue weighted by Gasteiger charge is 2.14. The fraction of sp³-hybridized carbons (Fsp3) is 0.500. The largest absolute Gasteiger partial charge is 0.464 e. The molecule has 0 spiro atoms. The van der Waals surface area contributed by atoms with Crippen LogP contribution in [0, 0.1) is 13.8 Å². The van der Waals surface area contributed by atoms with Crippen LogP contribution >= 0.6 is 0 Å². The van der Waals surface area contributed by atoms with E-state index in [0.29, 0.717) is 6.61 Å². The van der Waals surface area contributed by atoms with Crippen molar-refractivity contribution >= 4 is 11.7 Å². The van der Waals surface area contributed by atoms with Crippen molar-refractivity contribution < 1.29 is 9.53 Å². The summed E-state index contributed by atoms with van der Waals surface area (Å²) in [7, 11) is 0. The van der Waals surface area contributed by atoms with Gasteiger partial charge < -0.3 is 10.1 Å². The number of rotatable bonds is 4. The van der Waals surface area contributed by atoms with E-state index in [9.17, 15) is 4.79 Å². The maximum atomic E-state index is 11.4. The van der Waals surface area contributed by atoms with Crippen LogP contribution in [0.3, 0.4) is 0 Å². The van der Waals surface area contributed by atoms with E-state index >= 15 is 0 Å². The summed E-state index contributed by atoms with van der Waals surface area (Å²) in [5.74, 6) is -0.248. The van der Waals surface area contributed by atoms with Gasteiger partial charge in [0, 0.05) is 5.69 Å². The standard InChI is InChI=1S/C12H18N2O2/c1-5-16-12(15)10(4)14-11-7-13-9(3)6-8(11)2/h6-7,10,14H,5H2,1-4H3/t10-/m0/s1. The van der Waals surface area contributed by atoms with Crippen LogP contribution in [0.5, 0.6) is 0 Å². The number of hydrogen-bond donors (Lipinski definition) is 1. The molecule has 0 amide bonds. The monoisotopic (exact) mass is 222 g/mol. The molecule has 1 N–H and O–H groups in total. The minimum Gasteiger partial charge on any atom is -0.464 e. The molecule has 0 saturated heterocycles. The smallest absolute Gasteiger partial charge is 0.328 e. The number of esters is 1. The Labute approximate surface area is 96.0 Å². The summed E-state index contributed by atoms with van der Waals surface area (Å²) in [5.41, 5.74) is 2.90. The van der Waals surface area contributed by atoms with E-state index in [1.165, 1.54) is 0 Å². The molecule has 88 valence electrons. The lowest BCUT2D eigenvalue weighted by Crippen LogP contribution is -2.28. The number of carbonyl (C=O) groups excluding carboxylic acids is 1. The van der Waals surface area contributed by atoms with E-state index in [1.54, 1.807) is 20.0 Å². The van der Waals surface area contributed by atoms with Gasteiger partial charge in [-0.2, -0.15) is 0 Å². The normalized spacial score (nSPS) is 12.0. The van der Waals surface area contributed by atoms with Gasteiger partial charge in [-0.15, -0.1) is 0 Å². The molecule has 0 fully saturated rings. The molecular formula is C12H18N2O2. The number of hydrogen-bond acceptors (Lipinski definition) is 4. The van der Waals surface area contributed by atoms with Crippen LogP contribution in [0.2, 0.25) is 0 Å². The van der Waals surface area contributed by atoms with Crippen molar-refractivity contribution in [3.8, 4) is 0 Å². The highest BCUT2D eigenvalue weighted by Crippen LogP contribution is 2.14. The quantitative estimate of drug-likeness (QED) is 0.792. The fourth-order valence-corrected chi connectivity index (χ4v) is 1.41. The first-order valence-electron chi connectivity index (χ1n) is 5.41. The lowest BCUT2D eigenvalue weighted by molar-refractivity contribution is -0.143. The molecule has 0 aromatic carbocycles. The fourth-order valence-electron chi connectivity index (χ4n) is 1.41. The van der Waals surface area contributed by atoms with E-state index in [2.05, 4.69) is 10.3 Å². The van der Waals surface area contributed by atoms with Crippen molar-refractivity contribution in [2.45, 2.75) is 33.7 Å². The third-order valence-electron chi connectivity index (χ3n) is 2.26. The molecule has 1 atom stereocenters. The highest BCUT2D eigenvalue weighted by atomic mass is 16.5. The molecule has 0 unspecified atom stereocenters. The molecule has 0 aliphatic carbocycles. The average molecular weight is 222 g/mol. The first-order chi connectivity index (χ1) is 7.54. The number of pyridine rings is 1. The average Bonchev–Trinajstić information content (AvgIpc) is 2.22. The van der Waals surface area contributed by atoms with Crippen molar-refractivity contribution in [2.24, 2.45) is 0 Å². The van der Waals surface area contributed by atoms with Crippen LogP contribution in [0.15, 0.2) is 12.3 Å². The molecule has 0 radical (unpaired) electrons. The Kier molecular flexibility index (Phi) is 4.28. The van der Waals surface area contributed by atoms with Gasteiger partial charge in [-0.3, -0.25) is 4.98 Å². The zero-order valence-electron chi connectivity index (χ0n) is 10.2. The van der Waals surface area contributed by atoms with Crippen LogP contribution in [0.1, 0.15) is 25.1 Å². The van der Waals surface area contributed by atoms with Gasteiger partial charge >= 0.3 is 5.97 Å². The zero-order chi connectivity index (χ0) is 12.1. The Balaban J connectivity index is 2.69. The molecule has 1 aromatic rings. The van der Waals surface area contributed by atoms with Crippen LogP contribution < -0.4 is 5.32 Å². The van der Waals surface area contributed by atoms with Gasteiger partial charge in [0.05, 0.1) is 18.5 Å². The van der Waals surface area contributed by atoms with Gasteiger partial charge in [-0.05, 0) is 39.3 Å². The molecule has 0 bridgehead atoms. The van der Waals surface area contributed by atoms with Gasteiger partial charge in [0.1, 0.15) is 6.04 Å². The first kappa shape index (κ1) is 12.5. The summed E-state index contributed by atoms with van der Waals surface area (Å²) < 4.78 is 4.92. The Hall–Kier alpha value is -1.58. The second-order valence-corrected chi connectivity index (χ2v) is 3.76. The van der Waals surface area contributed by atoms with Gasteiger partial charge in [-0.25, -0.2) is 4.79 Å². The van der Waals surface area contributed by atoms with Gasteiger partial charge in [0.15, 0.2) is 0 Å². The van der Waals surface area contributed by atoms with E-state index in [-0.39, 0.29) is 12.0 Å². The topological polar surface area (TPSA) is 51.2 Å². The Bertz CT molecular complexity index is 377. The number of carbonyl (C=O) groups is 1. The minimum atomic E-state index is -0.358. The number of aromatic nitrogens is 1. The number of ether oxygens (including phenoxy) is 1. The third kappa shape index (κ3) is 3.22. The molecule has 0 aliphatic rings. The van der Waals surface area contributed by atoms with E-state index in [0.717, 1.165) is 16.9 Å². The number of nitrogens with zero attached hydrogens (tertiary/aromatic N) is 1. The molecule has 1 aromatic heterocycles. The zero-order valence-corrected chi connectivity index (χ0v) is 10.2. The van der Waals surface area contributed by atoms with E-state index in [4.69, 9.17) is 4.74 Å². The van der Waals surface area contributed by atoms with Crippen LogP contribution in [0.4, 0.5) is 5.69 Å². The summed E-state index contributed by atoms with van der Waals surface area (Å²) in [6.45, 7) is 7.89. The summed E-state index contributed by atoms with van der Waals surface area (Å²) >= 11 is 0. The predicted molar refractivity (Wildman–Crippen MR) is 63.4 cm³/mol. The Morgan fingerprint density at radius 1 is 1.56 bits per heavy atom. The SMILES string of the molecule is CCOC(=O)[C@H](C)Nc1cnc(C)cc1C. The maximum absolute atomic E-state index is 11.4. The second-order valence-electron chi connectivity index (χ2n) is 3.76. The van der Waals surface area contributed by atoms with Crippen LogP contribution in [-0.4, -0.2) is 23.6 Å². The molecule has 0 saturated carbocycles. The maximum Gasteiger partial charge on any atom is 0.328 e. The van der Waals surface area contributed by atoms with Crippen molar-refractivity contribution in [2.75, 3.05) is 11.9 Å². The van der Waals surface area contributed by atoms with E-state index in [1.807, 2.05) is 19.9 Å². The lowest BCUT2D eigenvalue weighted by Gasteiger charge is -2.15. The number of anilines is 1. The third-order valence-corrected chi connectivity index (χ3v) is 2.26. The first-order valence-corrected chi connectivity index (χ1v) is 5.41. The van der Waals surface area contributed by atoms with Crippen molar-refractivity contribution in [1.29, 1.82) is 0 Å². The predicted octanol–water partition coefficient (Wildman–Crippen LogP) is 2.06. The van der Waals surface area contributed by atoms with Crippen LogP contribution in [0.25, 0.3) is 0 Å². The number of nitrogens with one attached hydrogen (secondary N) is 1. The van der Waals surface area contributed by atoms with Crippen LogP contribution in [-0.2, 0) is 9.53 Å². The summed E-state index contributed by atoms with van der Waals surface area (Å²) in [5, 5.41) is 3.08. The Morgan fingerprint density at radius 3 is 2.81 bits per heavy atom. The van der Waals surface area contributed by atoms with Gasteiger partial charge in [0.2, 0.25) is 0 Å². The lowest BCUT2D eigenvalue weighted by atomic mass is 10.2. The highest BCUT2D eigenvalue weighted by molar-refractivity contribution is 5.79. The van der Waals surface area contributed by atoms with Gasteiger partial charge in [0.25, 0.3) is 0 Å². The second kappa shape index (κ2) is 5.49. The molecule has 4 heteroatoms.